The van der Waals surface area contributed by atoms with Crippen LogP contribution in [0.25, 0.3) is 0 Å². The van der Waals surface area contributed by atoms with Crippen LogP contribution < -0.4 is 5.32 Å². The third-order valence-corrected chi connectivity index (χ3v) is 3.30. The van der Waals surface area contributed by atoms with Crippen LogP contribution in [0.5, 0.6) is 0 Å². The van der Waals surface area contributed by atoms with Crippen LogP contribution in [0.1, 0.15) is 25.1 Å². The number of carbonyl (C=O) groups excluding carboxylic acids is 1. The first-order chi connectivity index (χ1) is 9.08. The molecular formula is C13H17N3O3. The molecule has 2 atom stereocenters. The Hall–Kier alpha value is -2.11. The number of aliphatic carboxylic acids is 1. The monoisotopic (exact) mass is 263 g/mol. The maximum absolute atomic E-state index is 12.0. The second-order valence-corrected chi connectivity index (χ2v) is 4.70. The average Bonchev–Trinajstić information content (AvgIpc) is 2.89. The van der Waals surface area contributed by atoms with Gasteiger partial charge >= 0.3 is 12.0 Å². The lowest BCUT2D eigenvalue weighted by molar-refractivity contribution is -0.141. The smallest absolute Gasteiger partial charge is 0.317 e. The molecular weight excluding hydrogens is 246 g/mol. The summed E-state index contributed by atoms with van der Waals surface area (Å²) in [6.45, 7) is 2.61. The zero-order valence-electron chi connectivity index (χ0n) is 10.7. The van der Waals surface area contributed by atoms with Crippen LogP contribution in [0.15, 0.2) is 24.4 Å². The third-order valence-electron chi connectivity index (χ3n) is 3.30. The summed E-state index contributed by atoms with van der Waals surface area (Å²) in [6, 6.07) is 5.09. The standard InChI is InChI=1S/C13H17N3O3/c1-9(11-4-2-3-6-14-11)15-13(19)16-7-5-10(8-16)12(17)18/h2-4,6,9-10H,5,7-8H2,1H3,(H,15,19)(H,17,18). The molecule has 1 aromatic heterocycles. The second kappa shape index (κ2) is 5.69. The second-order valence-electron chi connectivity index (χ2n) is 4.70. The van der Waals surface area contributed by atoms with Crippen LogP contribution >= 0.6 is 0 Å². The number of hydrogen-bond donors (Lipinski definition) is 2. The lowest BCUT2D eigenvalue weighted by Crippen LogP contribution is -2.40. The van der Waals surface area contributed by atoms with Gasteiger partial charge in [0.2, 0.25) is 0 Å². The molecule has 6 nitrogen and oxygen atoms in total. The topological polar surface area (TPSA) is 82.5 Å². The van der Waals surface area contributed by atoms with Crippen molar-refractivity contribution in [2.24, 2.45) is 5.92 Å². The van der Waals surface area contributed by atoms with Crippen molar-refractivity contribution in [1.29, 1.82) is 0 Å². The van der Waals surface area contributed by atoms with E-state index in [0.29, 0.717) is 13.0 Å². The van der Waals surface area contributed by atoms with Crippen LogP contribution in [0.2, 0.25) is 0 Å². The number of hydrogen-bond acceptors (Lipinski definition) is 3. The Bertz CT molecular complexity index is 463. The predicted molar refractivity (Wildman–Crippen MR) is 68.5 cm³/mol. The molecule has 2 heterocycles. The van der Waals surface area contributed by atoms with E-state index in [0.717, 1.165) is 5.69 Å². The molecule has 2 rings (SSSR count). The number of carboxylic acids is 1. The van der Waals surface area contributed by atoms with E-state index in [1.54, 1.807) is 6.20 Å². The van der Waals surface area contributed by atoms with Gasteiger partial charge in [0.1, 0.15) is 0 Å². The summed E-state index contributed by atoms with van der Waals surface area (Å²) in [5.74, 6) is -1.29. The normalized spacial score (nSPS) is 20.1. The summed E-state index contributed by atoms with van der Waals surface area (Å²) in [7, 11) is 0. The highest BCUT2D eigenvalue weighted by Gasteiger charge is 2.31. The van der Waals surface area contributed by atoms with Crippen LogP contribution in [0.3, 0.4) is 0 Å². The summed E-state index contributed by atoms with van der Waals surface area (Å²) < 4.78 is 0. The minimum atomic E-state index is -0.840. The van der Waals surface area contributed by atoms with E-state index in [-0.39, 0.29) is 18.6 Å². The number of aromatic nitrogens is 1. The first-order valence-corrected chi connectivity index (χ1v) is 6.27. The number of nitrogens with one attached hydrogen (secondary N) is 1. The zero-order chi connectivity index (χ0) is 13.8. The average molecular weight is 263 g/mol. The summed E-state index contributed by atoms with van der Waals surface area (Å²) in [4.78, 5) is 28.6. The molecule has 1 aliphatic rings. The molecule has 1 aliphatic heterocycles. The number of likely N-dealkylation sites (tertiary alicyclic amines) is 1. The molecule has 2 amide bonds. The molecule has 2 unspecified atom stereocenters. The molecule has 0 aliphatic carbocycles. The van der Waals surface area contributed by atoms with Crippen LogP contribution in [-0.2, 0) is 4.79 Å². The summed E-state index contributed by atoms with van der Waals surface area (Å²) >= 11 is 0. The Morgan fingerprint density at radius 1 is 1.53 bits per heavy atom. The van der Waals surface area contributed by atoms with Gasteiger partial charge in [0, 0.05) is 19.3 Å². The fraction of sp³-hybridized carbons (Fsp3) is 0.462. The highest BCUT2D eigenvalue weighted by Crippen LogP contribution is 2.17. The van der Waals surface area contributed by atoms with Gasteiger partial charge in [-0.1, -0.05) is 6.07 Å². The van der Waals surface area contributed by atoms with Gasteiger partial charge in [-0.15, -0.1) is 0 Å². The molecule has 6 heteroatoms. The fourth-order valence-corrected chi connectivity index (χ4v) is 2.13. The number of rotatable bonds is 3. The molecule has 2 N–H and O–H groups in total. The van der Waals surface area contributed by atoms with Gasteiger partial charge in [0.25, 0.3) is 0 Å². The number of urea groups is 1. The van der Waals surface area contributed by atoms with E-state index < -0.39 is 11.9 Å². The van der Waals surface area contributed by atoms with Crippen molar-refractivity contribution < 1.29 is 14.7 Å². The number of pyridine rings is 1. The van der Waals surface area contributed by atoms with Crippen LogP contribution in [0, 0.1) is 5.92 Å². The van der Waals surface area contributed by atoms with E-state index in [9.17, 15) is 9.59 Å². The fourth-order valence-electron chi connectivity index (χ4n) is 2.13. The Labute approximate surface area is 111 Å². The molecule has 0 radical (unpaired) electrons. The van der Waals surface area contributed by atoms with Crippen molar-refractivity contribution in [2.75, 3.05) is 13.1 Å². The van der Waals surface area contributed by atoms with E-state index in [1.165, 1.54) is 4.90 Å². The maximum atomic E-state index is 12.0. The first-order valence-electron chi connectivity index (χ1n) is 6.27. The lowest BCUT2D eigenvalue weighted by Gasteiger charge is -2.20. The van der Waals surface area contributed by atoms with Crippen molar-refractivity contribution in [3.05, 3.63) is 30.1 Å². The lowest BCUT2D eigenvalue weighted by atomic mass is 10.1. The molecule has 0 spiro atoms. The highest BCUT2D eigenvalue weighted by molar-refractivity contribution is 5.77. The van der Waals surface area contributed by atoms with E-state index in [2.05, 4.69) is 10.3 Å². The van der Waals surface area contributed by atoms with Gasteiger partial charge < -0.3 is 15.3 Å². The number of carbonyl (C=O) groups is 2. The molecule has 19 heavy (non-hydrogen) atoms. The van der Waals surface area contributed by atoms with Crippen molar-refractivity contribution >= 4 is 12.0 Å². The van der Waals surface area contributed by atoms with Gasteiger partial charge in [-0.2, -0.15) is 0 Å². The minimum absolute atomic E-state index is 0.197. The van der Waals surface area contributed by atoms with Crippen molar-refractivity contribution in [3.8, 4) is 0 Å². The quantitative estimate of drug-likeness (QED) is 0.860. The maximum Gasteiger partial charge on any atom is 0.317 e. The van der Waals surface area contributed by atoms with Gasteiger partial charge in [-0.05, 0) is 25.5 Å². The molecule has 1 aromatic rings. The Morgan fingerprint density at radius 3 is 2.89 bits per heavy atom. The number of amides is 2. The van der Waals surface area contributed by atoms with Crippen LogP contribution in [-0.4, -0.2) is 40.1 Å². The Kier molecular flexibility index (Phi) is 3.99. The van der Waals surface area contributed by atoms with E-state index in [1.807, 2.05) is 25.1 Å². The zero-order valence-corrected chi connectivity index (χ0v) is 10.7. The van der Waals surface area contributed by atoms with Gasteiger partial charge in [-0.25, -0.2) is 4.79 Å². The summed E-state index contributed by atoms with van der Waals surface area (Å²) in [6.07, 6.45) is 2.19. The van der Waals surface area contributed by atoms with E-state index in [4.69, 9.17) is 5.11 Å². The Balaban J connectivity index is 1.90. The van der Waals surface area contributed by atoms with Crippen molar-refractivity contribution in [1.82, 2.24) is 15.2 Å². The summed E-state index contributed by atoms with van der Waals surface area (Å²) in [5.41, 5.74) is 0.782. The van der Waals surface area contributed by atoms with Crippen LogP contribution in [0.4, 0.5) is 4.79 Å². The first kappa shape index (κ1) is 13.3. The molecule has 102 valence electrons. The van der Waals surface area contributed by atoms with Gasteiger partial charge in [-0.3, -0.25) is 9.78 Å². The third kappa shape index (κ3) is 3.21. The SMILES string of the molecule is CC(NC(=O)N1CCC(C(=O)O)C1)c1ccccn1. The summed E-state index contributed by atoms with van der Waals surface area (Å²) in [5, 5.41) is 11.7. The molecule has 0 aromatic carbocycles. The number of carboxylic acid groups (broad SMARTS) is 1. The van der Waals surface area contributed by atoms with Gasteiger partial charge in [0.05, 0.1) is 17.7 Å². The largest absolute Gasteiger partial charge is 0.481 e. The van der Waals surface area contributed by atoms with E-state index >= 15 is 0 Å². The molecule has 1 fully saturated rings. The predicted octanol–water partition coefficient (Wildman–Crippen LogP) is 1.26. The van der Waals surface area contributed by atoms with Crippen molar-refractivity contribution in [3.63, 3.8) is 0 Å². The van der Waals surface area contributed by atoms with Gasteiger partial charge in [0.15, 0.2) is 0 Å². The Morgan fingerprint density at radius 2 is 2.32 bits per heavy atom. The number of nitrogens with zero attached hydrogens (tertiary/aromatic N) is 2. The highest BCUT2D eigenvalue weighted by atomic mass is 16.4. The molecule has 1 saturated heterocycles. The molecule has 0 bridgehead atoms. The van der Waals surface area contributed by atoms with Crippen molar-refractivity contribution in [2.45, 2.75) is 19.4 Å². The minimum Gasteiger partial charge on any atom is -0.481 e. The molecule has 0 saturated carbocycles.